The van der Waals surface area contributed by atoms with Crippen molar-refractivity contribution in [2.75, 3.05) is 13.1 Å². The van der Waals surface area contributed by atoms with Crippen LogP contribution in [0.4, 0.5) is 4.79 Å². The van der Waals surface area contributed by atoms with E-state index in [4.69, 9.17) is 23.2 Å². The van der Waals surface area contributed by atoms with Gasteiger partial charge >= 0.3 is 6.03 Å². The van der Waals surface area contributed by atoms with Gasteiger partial charge in [0.1, 0.15) is 0 Å². The van der Waals surface area contributed by atoms with Crippen molar-refractivity contribution in [3.05, 3.63) is 33.8 Å². The third-order valence-electron chi connectivity index (χ3n) is 4.04. The standard InChI is InChI=1S/C16H22Cl2N2O/c1-2-14-5-3-4-10-20(14)16(21)19-9-8-12-6-7-13(17)11-15(12)18/h6-7,11,14H,2-5,8-10H2,1H3,(H,19,21). The van der Waals surface area contributed by atoms with Gasteiger partial charge < -0.3 is 10.2 Å². The molecule has 3 nitrogen and oxygen atoms in total. The zero-order valence-electron chi connectivity index (χ0n) is 12.4. The Morgan fingerprint density at radius 1 is 1.38 bits per heavy atom. The van der Waals surface area contributed by atoms with Gasteiger partial charge in [0.2, 0.25) is 0 Å². The molecule has 1 fully saturated rings. The molecule has 0 spiro atoms. The molecular formula is C16H22Cl2N2O. The van der Waals surface area contributed by atoms with Crippen LogP contribution >= 0.6 is 23.2 Å². The number of carbonyl (C=O) groups excluding carboxylic acids is 1. The van der Waals surface area contributed by atoms with Gasteiger partial charge in [-0.25, -0.2) is 4.79 Å². The molecule has 1 unspecified atom stereocenters. The number of rotatable bonds is 4. The molecule has 1 saturated heterocycles. The minimum absolute atomic E-state index is 0.0478. The first-order chi connectivity index (χ1) is 10.1. The molecule has 1 atom stereocenters. The number of piperidine rings is 1. The van der Waals surface area contributed by atoms with Crippen molar-refractivity contribution in [3.8, 4) is 0 Å². The number of likely N-dealkylation sites (tertiary alicyclic amines) is 1. The van der Waals surface area contributed by atoms with Crippen LogP contribution in [-0.2, 0) is 6.42 Å². The first-order valence-electron chi connectivity index (χ1n) is 7.60. The molecule has 0 bridgehead atoms. The van der Waals surface area contributed by atoms with E-state index in [-0.39, 0.29) is 6.03 Å². The van der Waals surface area contributed by atoms with Crippen LogP contribution in [0, 0.1) is 0 Å². The van der Waals surface area contributed by atoms with E-state index >= 15 is 0 Å². The van der Waals surface area contributed by atoms with E-state index in [0.29, 0.717) is 29.1 Å². The fourth-order valence-corrected chi connectivity index (χ4v) is 3.33. The Balaban J connectivity index is 1.83. The maximum absolute atomic E-state index is 12.3. The lowest BCUT2D eigenvalue weighted by Gasteiger charge is -2.35. The fraction of sp³-hybridized carbons (Fsp3) is 0.562. The highest BCUT2D eigenvalue weighted by Crippen LogP contribution is 2.21. The average molecular weight is 329 g/mol. The summed E-state index contributed by atoms with van der Waals surface area (Å²) < 4.78 is 0. The summed E-state index contributed by atoms with van der Waals surface area (Å²) in [6.45, 7) is 3.60. The molecule has 2 amide bonds. The Morgan fingerprint density at radius 2 is 2.19 bits per heavy atom. The molecular weight excluding hydrogens is 307 g/mol. The van der Waals surface area contributed by atoms with E-state index in [1.54, 1.807) is 6.07 Å². The molecule has 0 radical (unpaired) electrons. The number of halogens is 2. The third kappa shape index (κ3) is 4.52. The molecule has 5 heteroatoms. The van der Waals surface area contributed by atoms with Crippen LogP contribution in [0.5, 0.6) is 0 Å². The van der Waals surface area contributed by atoms with Crippen LogP contribution in [-0.4, -0.2) is 30.1 Å². The molecule has 1 N–H and O–H groups in total. The highest BCUT2D eigenvalue weighted by atomic mass is 35.5. The third-order valence-corrected chi connectivity index (χ3v) is 4.63. The van der Waals surface area contributed by atoms with Crippen LogP contribution in [0.15, 0.2) is 18.2 Å². The Morgan fingerprint density at radius 3 is 2.90 bits per heavy atom. The normalized spacial score (nSPS) is 18.6. The van der Waals surface area contributed by atoms with Crippen molar-refractivity contribution in [3.63, 3.8) is 0 Å². The van der Waals surface area contributed by atoms with Gasteiger partial charge in [-0.3, -0.25) is 0 Å². The van der Waals surface area contributed by atoms with Gasteiger partial charge in [0.05, 0.1) is 0 Å². The van der Waals surface area contributed by atoms with Gasteiger partial charge in [-0.15, -0.1) is 0 Å². The molecule has 0 saturated carbocycles. The Bertz CT molecular complexity index is 493. The molecule has 2 rings (SSSR count). The minimum Gasteiger partial charge on any atom is -0.338 e. The molecule has 1 aliphatic heterocycles. The quantitative estimate of drug-likeness (QED) is 0.866. The highest BCUT2D eigenvalue weighted by Gasteiger charge is 2.24. The largest absolute Gasteiger partial charge is 0.338 e. The van der Waals surface area contributed by atoms with Crippen molar-refractivity contribution >= 4 is 29.2 Å². The fourth-order valence-electron chi connectivity index (χ4n) is 2.82. The van der Waals surface area contributed by atoms with Crippen molar-refractivity contribution in [2.45, 2.75) is 45.1 Å². The molecule has 0 aromatic heterocycles. The Hall–Kier alpha value is -0.930. The maximum Gasteiger partial charge on any atom is 0.317 e. The lowest BCUT2D eigenvalue weighted by molar-refractivity contribution is 0.149. The second kappa shape index (κ2) is 7.90. The van der Waals surface area contributed by atoms with Crippen molar-refractivity contribution in [2.24, 2.45) is 0 Å². The average Bonchev–Trinajstić information content (AvgIpc) is 2.49. The minimum atomic E-state index is 0.0478. The van der Waals surface area contributed by atoms with Gasteiger partial charge in [-0.2, -0.15) is 0 Å². The lowest BCUT2D eigenvalue weighted by atomic mass is 10.0. The van der Waals surface area contributed by atoms with Crippen LogP contribution in [0.2, 0.25) is 10.0 Å². The van der Waals surface area contributed by atoms with Gasteiger partial charge in [-0.05, 0) is 49.8 Å². The number of nitrogens with zero attached hydrogens (tertiary/aromatic N) is 1. The zero-order valence-corrected chi connectivity index (χ0v) is 13.9. The highest BCUT2D eigenvalue weighted by molar-refractivity contribution is 6.35. The number of nitrogens with one attached hydrogen (secondary N) is 1. The summed E-state index contributed by atoms with van der Waals surface area (Å²) in [5, 5.41) is 4.29. The molecule has 1 heterocycles. The van der Waals surface area contributed by atoms with Crippen molar-refractivity contribution in [1.82, 2.24) is 10.2 Å². The second-order valence-corrected chi connectivity index (χ2v) is 6.31. The van der Waals surface area contributed by atoms with Crippen LogP contribution in [0.25, 0.3) is 0 Å². The van der Waals surface area contributed by atoms with Crippen LogP contribution < -0.4 is 5.32 Å². The number of carbonyl (C=O) groups is 1. The SMILES string of the molecule is CCC1CCCCN1C(=O)NCCc1ccc(Cl)cc1Cl. The Kier molecular flexibility index (Phi) is 6.19. The zero-order chi connectivity index (χ0) is 15.2. The summed E-state index contributed by atoms with van der Waals surface area (Å²) >= 11 is 12.0. The lowest BCUT2D eigenvalue weighted by Crippen LogP contribution is -2.48. The first kappa shape index (κ1) is 16.4. The number of hydrogen-bond donors (Lipinski definition) is 1. The van der Waals surface area contributed by atoms with E-state index in [1.807, 2.05) is 17.0 Å². The molecule has 1 aliphatic rings. The predicted molar refractivity (Wildman–Crippen MR) is 88.2 cm³/mol. The number of hydrogen-bond acceptors (Lipinski definition) is 1. The van der Waals surface area contributed by atoms with E-state index in [9.17, 15) is 4.79 Å². The molecule has 0 aliphatic carbocycles. The monoisotopic (exact) mass is 328 g/mol. The summed E-state index contributed by atoms with van der Waals surface area (Å²) in [7, 11) is 0. The van der Waals surface area contributed by atoms with Gasteiger partial charge in [0.25, 0.3) is 0 Å². The summed E-state index contributed by atoms with van der Waals surface area (Å²) in [4.78, 5) is 14.2. The van der Waals surface area contributed by atoms with E-state index < -0.39 is 0 Å². The van der Waals surface area contributed by atoms with Crippen LogP contribution in [0.1, 0.15) is 38.2 Å². The van der Waals surface area contributed by atoms with Gasteiger partial charge in [0.15, 0.2) is 0 Å². The second-order valence-electron chi connectivity index (χ2n) is 5.47. The van der Waals surface area contributed by atoms with Gasteiger partial charge in [-0.1, -0.05) is 36.2 Å². The summed E-state index contributed by atoms with van der Waals surface area (Å²) in [5.74, 6) is 0. The van der Waals surface area contributed by atoms with Crippen LogP contribution in [0.3, 0.4) is 0 Å². The summed E-state index contributed by atoms with van der Waals surface area (Å²) in [6, 6.07) is 5.90. The molecule has 116 valence electrons. The topological polar surface area (TPSA) is 32.3 Å². The molecule has 1 aromatic rings. The van der Waals surface area contributed by atoms with Crippen molar-refractivity contribution < 1.29 is 4.79 Å². The summed E-state index contributed by atoms with van der Waals surface area (Å²) in [5.41, 5.74) is 1.01. The maximum atomic E-state index is 12.3. The number of benzene rings is 1. The van der Waals surface area contributed by atoms with Gasteiger partial charge in [0, 0.05) is 29.2 Å². The molecule has 1 aromatic carbocycles. The van der Waals surface area contributed by atoms with E-state index in [2.05, 4.69) is 12.2 Å². The van der Waals surface area contributed by atoms with E-state index in [0.717, 1.165) is 31.4 Å². The smallest absolute Gasteiger partial charge is 0.317 e. The Labute approximate surface area is 136 Å². The van der Waals surface area contributed by atoms with E-state index in [1.165, 1.54) is 6.42 Å². The predicted octanol–water partition coefficient (Wildman–Crippen LogP) is 4.51. The number of amides is 2. The first-order valence-corrected chi connectivity index (χ1v) is 8.35. The number of urea groups is 1. The van der Waals surface area contributed by atoms with Crippen molar-refractivity contribution in [1.29, 1.82) is 0 Å². The molecule has 21 heavy (non-hydrogen) atoms. The summed E-state index contributed by atoms with van der Waals surface area (Å²) in [6.07, 6.45) is 5.19.